The zero-order valence-electron chi connectivity index (χ0n) is 16.3. The number of benzene rings is 1. The van der Waals surface area contributed by atoms with E-state index in [-0.39, 0.29) is 37.4 Å². The lowest BCUT2D eigenvalue weighted by Crippen LogP contribution is -2.66. The first-order chi connectivity index (χ1) is 13.6. The number of nitrogens with one attached hydrogen (secondary N) is 1. The highest BCUT2D eigenvalue weighted by atomic mass is 19.4. The Morgan fingerprint density at radius 3 is 2.41 bits per heavy atom. The van der Waals surface area contributed by atoms with Crippen LogP contribution >= 0.6 is 0 Å². The number of allylic oxidation sites excluding steroid dienone is 1. The molecule has 0 aromatic heterocycles. The predicted molar refractivity (Wildman–Crippen MR) is 99.3 cm³/mol. The van der Waals surface area contributed by atoms with Gasteiger partial charge in [0.05, 0.1) is 12.1 Å². The van der Waals surface area contributed by atoms with Gasteiger partial charge in [0.15, 0.2) is 5.78 Å². The van der Waals surface area contributed by atoms with Crippen LogP contribution in [0.25, 0.3) is 0 Å². The Labute approximate surface area is 166 Å². The van der Waals surface area contributed by atoms with Gasteiger partial charge in [-0.05, 0) is 24.3 Å². The van der Waals surface area contributed by atoms with Gasteiger partial charge in [-0.1, -0.05) is 44.2 Å². The van der Waals surface area contributed by atoms with E-state index in [0.29, 0.717) is 12.0 Å². The lowest BCUT2D eigenvalue weighted by molar-refractivity contribution is -0.194. The average molecular weight is 408 g/mol. The Kier molecular flexibility index (Phi) is 5.56. The van der Waals surface area contributed by atoms with Crippen molar-refractivity contribution in [3.05, 3.63) is 47.2 Å². The SMILES string of the molecule is CC(C)CC(=O)N[C@@]1(C(F)(F)F)C(=O)N(Cc2ccccc2)C2=C1C(=O)CCC2. The van der Waals surface area contributed by atoms with Crippen LogP contribution in [-0.4, -0.2) is 34.2 Å². The van der Waals surface area contributed by atoms with Crippen molar-refractivity contribution in [3.8, 4) is 0 Å². The van der Waals surface area contributed by atoms with E-state index in [1.54, 1.807) is 44.2 Å². The van der Waals surface area contributed by atoms with Gasteiger partial charge in [0.25, 0.3) is 5.91 Å². The number of Topliss-reactive ketones (excluding diaryl/α,β-unsaturated/α-hetero) is 1. The van der Waals surface area contributed by atoms with Crippen molar-refractivity contribution in [1.82, 2.24) is 10.2 Å². The molecule has 0 spiro atoms. The van der Waals surface area contributed by atoms with E-state index in [2.05, 4.69) is 0 Å². The molecule has 0 saturated carbocycles. The molecule has 2 aliphatic rings. The fourth-order valence-electron chi connectivity index (χ4n) is 3.97. The summed E-state index contributed by atoms with van der Waals surface area (Å²) < 4.78 is 43.1. The molecule has 2 amide bonds. The Morgan fingerprint density at radius 2 is 1.83 bits per heavy atom. The van der Waals surface area contributed by atoms with Crippen LogP contribution in [0.5, 0.6) is 0 Å². The second-order valence-corrected chi connectivity index (χ2v) is 7.87. The minimum atomic E-state index is -5.14. The third-order valence-electron chi connectivity index (χ3n) is 5.18. The fraction of sp³-hybridized carbons (Fsp3) is 0.476. The summed E-state index contributed by atoms with van der Waals surface area (Å²) >= 11 is 0. The summed E-state index contributed by atoms with van der Waals surface area (Å²) in [6.07, 6.45) is -4.86. The number of rotatable bonds is 5. The molecular weight excluding hydrogens is 385 g/mol. The highest BCUT2D eigenvalue weighted by molar-refractivity contribution is 6.13. The molecule has 29 heavy (non-hydrogen) atoms. The standard InChI is InChI=1S/C21H23F3N2O3/c1-13(2)11-17(28)25-20(21(22,23)24)18-15(9-6-10-16(18)27)26(19(20)29)12-14-7-4-3-5-8-14/h3-5,7-8,13H,6,9-12H2,1-2H3,(H,25,28)/t20-/m1/s1. The lowest BCUT2D eigenvalue weighted by Gasteiger charge is -2.33. The number of halogens is 3. The third kappa shape index (κ3) is 3.68. The van der Waals surface area contributed by atoms with Gasteiger partial charge < -0.3 is 10.2 Å². The van der Waals surface area contributed by atoms with E-state index in [0.717, 1.165) is 4.90 Å². The van der Waals surface area contributed by atoms with Crippen LogP contribution in [0.15, 0.2) is 41.6 Å². The number of alkyl halides is 3. The van der Waals surface area contributed by atoms with E-state index in [1.807, 2.05) is 5.32 Å². The molecule has 0 fully saturated rings. The van der Waals surface area contributed by atoms with Crippen molar-refractivity contribution in [2.24, 2.45) is 5.92 Å². The molecule has 0 saturated heterocycles. The smallest absolute Gasteiger partial charge is 0.330 e. The van der Waals surface area contributed by atoms with Gasteiger partial charge in [0.2, 0.25) is 11.4 Å². The van der Waals surface area contributed by atoms with Crippen LogP contribution in [0.3, 0.4) is 0 Å². The van der Waals surface area contributed by atoms with Crippen molar-refractivity contribution < 1.29 is 27.6 Å². The summed E-state index contributed by atoms with van der Waals surface area (Å²) in [5.74, 6) is -3.16. The summed E-state index contributed by atoms with van der Waals surface area (Å²) in [5.41, 5.74) is -3.23. The molecule has 1 N–H and O–H groups in total. The monoisotopic (exact) mass is 408 g/mol. The summed E-state index contributed by atoms with van der Waals surface area (Å²) in [4.78, 5) is 39.2. The lowest BCUT2D eigenvalue weighted by atomic mass is 9.82. The van der Waals surface area contributed by atoms with E-state index >= 15 is 0 Å². The van der Waals surface area contributed by atoms with Crippen molar-refractivity contribution in [3.63, 3.8) is 0 Å². The average Bonchev–Trinajstić information content (AvgIpc) is 2.86. The van der Waals surface area contributed by atoms with Gasteiger partial charge in [-0.25, -0.2) is 0 Å². The van der Waals surface area contributed by atoms with Crippen molar-refractivity contribution in [2.45, 2.75) is 57.8 Å². The van der Waals surface area contributed by atoms with Crippen LogP contribution in [0.4, 0.5) is 13.2 Å². The molecule has 1 aromatic rings. The zero-order chi connectivity index (χ0) is 21.4. The van der Waals surface area contributed by atoms with Gasteiger partial charge in [0, 0.05) is 18.5 Å². The van der Waals surface area contributed by atoms with Gasteiger partial charge >= 0.3 is 6.18 Å². The van der Waals surface area contributed by atoms with E-state index in [1.165, 1.54) is 0 Å². The molecule has 3 rings (SSSR count). The molecule has 1 aliphatic heterocycles. The molecule has 0 unspecified atom stereocenters. The highest BCUT2D eigenvalue weighted by Gasteiger charge is 2.70. The third-order valence-corrected chi connectivity index (χ3v) is 5.18. The number of nitrogens with zero attached hydrogens (tertiary/aromatic N) is 1. The zero-order valence-corrected chi connectivity index (χ0v) is 16.3. The maximum Gasteiger partial charge on any atom is 0.425 e. The van der Waals surface area contributed by atoms with Crippen LogP contribution < -0.4 is 5.32 Å². The molecule has 1 aromatic carbocycles. The minimum absolute atomic E-state index is 0.0669. The van der Waals surface area contributed by atoms with Gasteiger partial charge in [-0.2, -0.15) is 13.2 Å². The number of ketones is 1. The van der Waals surface area contributed by atoms with Crippen LogP contribution in [-0.2, 0) is 20.9 Å². The number of hydrogen-bond acceptors (Lipinski definition) is 3. The summed E-state index contributed by atoms with van der Waals surface area (Å²) in [7, 11) is 0. The Morgan fingerprint density at radius 1 is 1.17 bits per heavy atom. The van der Waals surface area contributed by atoms with E-state index in [9.17, 15) is 27.6 Å². The molecule has 8 heteroatoms. The van der Waals surface area contributed by atoms with Gasteiger partial charge in [-0.15, -0.1) is 0 Å². The largest absolute Gasteiger partial charge is 0.425 e. The minimum Gasteiger partial charge on any atom is -0.330 e. The molecule has 1 atom stereocenters. The highest BCUT2D eigenvalue weighted by Crippen LogP contribution is 2.48. The topological polar surface area (TPSA) is 66.5 Å². The summed E-state index contributed by atoms with van der Waals surface area (Å²) in [5, 5.41) is 1.92. The summed E-state index contributed by atoms with van der Waals surface area (Å²) in [6, 6.07) is 8.60. The normalized spacial score (nSPS) is 22.3. The Bertz CT molecular complexity index is 862. The number of carbonyl (C=O) groups is 3. The Hall–Kier alpha value is -2.64. The second-order valence-electron chi connectivity index (χ2n) is 7.87. The first-order valence-corrected chi connectivity index (χ1v) is 9.58. The fourth-order valence-corrected chi connectivity index (χ4v) is 3.97. The van der Waals surface area contributed by atoms with Crippen LogP contribution in [0.2, 0.25) is 0 Å². The summed E-state index contributed by atoms with van der Waals surface area (Å²) in [6.45, 7) is 3.28. The molecule has 1 heterocycles. The van der Waals surface area contributed by atoms with Crippen LogP contribution in [0, 0.1) is 5.92 Å². The first-order valence-electron chi connectivity index (χ1n) is 9.58. The maximum atomic E-state index is 14.4. The van der Waals surface area contributed by atoms with E-state index < -0.39 is 34.9 Å². The molecule has 0 radical (unpaired) electrons. The molecule has 156 valence electrons. The van der Waals surface area contributed by atoms with Crippen molar-refractivity contribution in [2.75, 3.05) is 0 Å². The van der Waals surface area contributed by atoms with Crippen molar-refractivity contribution in [1.29, 1.82) is 0 Å². The molecule has 5 nitrogen and oxygen atoms in total. The van der Waals surface area contributed by atoms with Crippen molar-refractivity contribution >= 4 is 17.6 Å². The van der Waals surface area contributed by atoms with E-state index in [4.69, 9.17) is 0 Å². The predicted octanol–water partition coefficient (Wildman–Crippen LogP) is 3.50. The quantitative estimate of drug-likeness (QED) is 0.811. The van der Waals surface area contributed by atoms with Gasteiger partial charge in [-0.3, -0.25) is 14.4 Å². The number of hydrogen-bond donors (Lipinski definition) is 1. The molecular formula is C21H23F3N2O3. The number of amides is 2. The molecule has 0 bridgehead atoms. The Balaban J connectivity index is 2.11. The molecule has 1 aliphatic carbocycles. The van der Waals surface area contributed by atoms with Gasteiger partial charge in [0.1, 0.15) is 0 Å². The first kappa shape index (κ1) is 21.1. The number of carbonyl (C=O) groups excluding carboxylic acids is 3. The second kappa shape index (κ2) is 7.65. The maximum absolute atomic E-state index is 14.4. The van der Waals surface area contributed by atoms with Crippen LogP contribution in [0.1, 0.15) is 45.1 Å².